The number of carbonyl (C=O) groups excluding carboxylic acids is 3. The summed E-state index contributed by atoms with van der Waals surface area (Å²) >= 11 is 1.36. The van der Waals surface area contributed by atoms with Gasteiger partial charge in [0.15, 0.2) is 6.61 Å². The summed E-state index contributed by atoms with van der Waals surface area (Å²) in [6.45, 7) is 5.37. The summed E-state index contributed by atoms with van der Waals surface area (Å²) in [6, 6.07) is 9.02. The number of Topliss-reactive ketones (excluding diaryl/α,β-unsaturated/α-hetero) is 1. The first-order valence-electron chi connectivity index (χ1n) is 9.88. The molecule has 0 fully saturated rings. The maximum atomic E-state index is 12.5. The van der Waals surface area contributed by atoms with Gasteiger partial charge in [-0.25, -0.2) is 8.42 Å². The van der Waals surface area contributed by atoms with Gasteiger partial charge in [-0.05, 0) is 42.8 Å². The van der Waals surface area contributed by atoms with Gasteiger partial charge in [0, 0.05) is 23.5 Å². The number of hydrogen-bond donors (Lipinski definition) is 1. The average molecular weight is 467 g/mol. The molecule has 0 aliphatic rings. The van der Waals surface area contributed by atoms with Gasteiger partial charge >= 0.3 is 5.97 Å². The number of nitrogens with zero attached hydrogens (tertiary/aromatic N) is 1. The third-order valence-corrected chi connectivity index (χ3v) is 7.84. The number of aryl methyl sites for hydroxylation is 1. The van der Waals surface area contributed by atoms with Crippen LogP contribution in [0, 0.1) is 0 Å². The van der Waals surface area contributed by atoms with Crippen molar-refractivity contribution in [2.45, 2.75) is 32.1 Å². The molecule has 2 rings (SSSR count). The second-order valence-corrected chi connectivity index (χ2v) is 9.61. The van der Waals surface area contributed by atoms with E-state index in [1.807, 2.05) is 13.0 Å². The number of ether oxygens (including phenoxy) is 1. The molecule has 0 aliphatic heterocycles. The lowest BCUT2D eigenvalue weighted by Gasteiger charge is -2.18. The Morgan fingerprint density at radius 3 is 2.19 bits per heavy atom. The zero-order chi connectivity index (χ0) is 23.0. The van der Waals surface area contributed by atoms with E-state index >= 15 is 0 Å². The Hall–Kier alpha value is -2.56. The Bertz CT molecular complexity index is 1020. The van der Waals surface area contributed by atoms with Crippen LogP contribution in [0.4, 0.5) is 0 Å². The van der Waals surface area contributed by atoms with Gasteiger partial charge in [0.2, 0.25) is 15.8 Å². The van der Waals surface area contributed by atoms with Crippen LogP contribution in [0.2, 0.25) is 0 Å². The quantitative estimate of drug-likeness (QED) is 0.402. The number of ketones is 1. The van der Waals surface area contributed by atoms with Crippen LogP contribution in [0.5, 0.6) is 0 Å². The highest BCUT2D eigenvalue weighted by Crippen LogP contribution is 2.18. The van der Waals surface area contributed by atoms with Gasteiger partial charge in [0.1, 0.15) is 6.54 Å². The minimum Gasteiger partial charge on any atom is -0.456 e. The van der Waals surface area contributed by atoms with Crippen LogP contribution in [0.1, 0.15) is 45.7 Å². The second kappa shape index (κ2) is 11.2. The van der Waals surface area contributed by atoms with Crippen LogP contribution in [-0.2, 0) is 26.0 Å². The van der Waals surface area contributed by atoms with E-state index in [0.29, 0.717) is 18.0 Å². The molecule has 1 aromatic carbocycles. The monoisotopic (exact) mass is 466 g/mol. The van der Waals surface area contributed by atoms with Crippen LogP contribution in [-0.4, -0.2) is 56.6 Å². The van der Waals surface area contributed by atoms with Gasteiger partial charge < -0.3 is 10.1 Å². The van der Waals surface area contributed by atoms with Gasteiger partial charge in [0.05, 0.1) is 9.77 Å². The lowest BCUT2D eigenvalue weighted by Crippen LogP contribution is -2.32. The first-order chi connectivity index (χ1) is 14.7. The van der Waals surface area contributed by atoms with Crippen molar-refractivity contribution in [3.63, 3.8) is 0 Å². The molecule has 0 bridgehead atoms. The molecule has 1 heterocycles. The average Bonchev–Trinajstić information content (AvgIpc) is 3.26. The summed E-state index contributed by atoms with van der Waals surface area (Å²) in [6.07, 6.45) is 0.826. The van der Waals surface area contributed by atoms with E-state index < -0.39 is 35.1 Å². The Kier molecular flexibility index (Phi) is 8.90. The van der Waals surface area contributed by atoms with Crippen molar-refractivity contribution in [3.05, 3.63) is 51.7 Å². The highest BCUT2D eigenvalue weighted by molar-refractivity contribution is 7.89. The first-order valence-corrected chi connectivity index (χ1v) is 12.1. The number of hydrogen-bond acceptors (Lipinski definition) is 7. The summed E-state index contributed by atoms with van der Waals surface area (Å²) < 4.78 is 31.2. The molecule has 10 heteroatoms. The highest BCUT2D eigenvalue weighted by atomic mass is 32.2. The molecule has 0 atom stereocenters. The minimum atomic E-state index is -3.61. The smallest absolute Gasteiger partial charge is 0.325 e. The van der Waals surface area contributed by atoms with Crippen LogP contribution >= 0.6 is 11.3 Å². The Labute approximate surface area is 186 Å². The maximum absolute atomic E-state index is 12.5. The van der Waals surface area contributed by atoms with Crippen molar-refractivity contribution in [3.8, 4) is 0 Å². The molecule has 0 saturated carbocycles. The Morgan fingerprint density at radius 2 is 1.65 bits per heavy atom. The maximum Gasteiger partial charge on any atom is 0.325 e. The molecule has 1 N–H and O–H groups in total. The molecule has 0 aliphatic carbocycles. The topological polar surface area (TPSA) is 110 Å². The fraction of sp³-hybridized carbons (Fsp3) is 0.381. The molecule has 2 aromatic rings. The molecule has 0 unspecified atom stereocenters. The molecule has 0 spiro atoms. The molecule has 8 nitrogen and oxygen atoms in total. The minimum absolute atomic E-state index is 0.0884. The number of benzene rings is 1. The van der Waals surface area contributed by atoms with Crippen molar-refractivity contribution >= 4 is 39.0 Å². The van der Waals surface area contributed by atoms with Crippen molar-refractivity contribution in [1.29, 1.82) is 0 Å². The number of amides is 1. The molecular formula is C21H26N2O6S2. The number of nitrogens with one attached hydrogen (secondary N) is 1. The van der Waals surface area contributed by atoms with E-state index in [1.165, 1.54) is 39.9 Å². The number of esters is 1. The van der Waals surface area contributed by atoms with Gasteiger partial charge in [-0.1, -0.05) is 20.8 Å². The van der Waals surface area contributed by atoms with Crippen molar-refractivity contribution in [1.82, 2.24) is 9.62 Å². The fourth-order valence-electron chi connectivity index (χ4n) is 2.73. The Morgan fingerprint density at radius 1 is 1.00 bits per heavy atom. The second-order valence-electron chi connectivity index (χ2n) is 6.50. The molecular weight excluding hydrogens is 440 g/mol. The summed E-state index contributed by atoms with van der Waals surface area (Å²) in [5, 5.41) is 2.40. The third kappa shape index (κ3) is 6.46. The Balaban J connectivity index is 1.86. The van der Waals surface area contributed by atoms with E-state index in [0.717, 1.165) is 11.3 Å². The summed E-state index contributed by atoms with van der Waals surface area (Å²) in [7, 11) is -3.61. The van der Waals surface area contributed by atoms with Gasteiger partial charge in [-0.15, -0.1) is 11.3 Å². The summed E-state index contributed by atoms with van der Waals surface area (Å²) in [5.41, 5.74) is 0.202. The molecule has 0 radical (unpaired) electrons. The largest absolute Gasteiger partial charge is 0.456 e. The van der Waals surface area contributed by atoms with Crippen LogP contribution < -0.4 is 5.32 Å². The van der Waals surface area contributed by atoms with E-state index in [9.17, 15) is 22.8 Å². The zero-order valence-electron chi connectivity index (χ0n) is 17.7. The van der Waals surface area contributed by atoms with Gasteiger partial charge in [-0.3, -0.25) is 14.4 Å². The van der Waals surface area contributed by atoms with E-state index in [4.69, 9.17) is 4.74 Å². The SMILES string of the molecule is CCc1ccc(C(=O)COC(=O)CNC(=O)c2ccc(S(=O)(=O)N(CC)CC)cc2)s1. The van der Waals surface area contributed by atoms with E-state index in [1.54, 1.807) is 19.9 Å². The van der Waals surface area contributed by atoms with Crippen molar-refractivity contribution < 1.29 is 27.5 Å². The standard InChI is InChI=1S/C21H26N2O6S2/c1-4-16-9-12-19(30-16)18(24)14-29-20(25)13-22-21(26)15-7-10-17(11-8-15)31(27,28)23(5-2)6-3/h7-12H,4-6,13-14H2,1-3H3,(H,22,26). The summed E-state index contributed by atoms with van der Waals surface area (Å²) in [5.74, 6) is -1.59. The third-order valence-electron chi connectivity index (χ3n) is 4.50. The zero-order valence-corrected chi connectivity index (χ0v) is 19.3. The lowest BCUT2D eigenvalue weighted by molar-refractivity contribution is -0.141. The highest BCUT2D eigenvalue weighted by Gasteiger charge is 2.22. The molecule has 1 amide bonds. The number of rotatable bonds is 11. The van der Waals surface area contributed by atoms with Crippen LogP contribution in [0.15, 0.2) is 41.3 Å². The molecule has 168 valence electrons. The van der Waals surface area contributed by atoms with Gasteiger partial charge in [-0.2, -0.15) is 4.31 Å². The molecule has 1 aromatic heterocycles. The number of carbonyl (C=O) groups is 3. The van der Waals surface area contributed by atoms with Crippen molar-refractivity contribution in [2.75, 3.05) is 26.2 Å². The first kappa shape index (κ1) is 24.7. The number of thiophene rings is 1. The van der Waals surface area contributed by atoms with E-state index in [-0.39, 0.29) is 16.2 Å². The normalized spacial score (nSPS) is 11.4. The van der Waals surface area contributed by atoms with Crippen molar-refractivity contribution in [2.24, 2.45) is 0 Å². The van der Waals surface area contributed by atoms with Crippen LogP contribution in [0.3, 0.4) is 0 Å². The molecule has 0 saturated heterocycles. The van der Waals surface area contributed by atoms with E-state index in [2.05, 4.69) is 5.32 Å². The predicted molar refractivity (Wildman–Crippen MR) is 118 cm³/mol. The van der Waals surface area contributed by atoms with Gasteiger partial charge in [0.25, 0.3) is 5.91 Å². The predicted octanol–water partition coefficient (Wildman–Crippen LogP) is 2.50. The van der Waals surface area contributed by atoms with Crippen LogP contribution in [0.25, 0.3) is 0 Å². The molecule has 31 heavy (non-hydrogen) atoms. The summed E-state index contributed by atoms with van der Waals surface area (Å²) in [4.78, 5) is 37.8. The fourth-order valence-corrected chi connectivity index (χ4v) is 5.06. The number of sulfonamides is 1. The lowest BCUT2D eigenvalue weighted by atomic mass is 10.2.